The predicted octanol–water partition coefficient (Wildman–Crippen LogP) is 2.38. The van der Waals surface area contributed by atoms with Crippen LogP contribution in [0.15, 0.2) is 18.3 Å². The highest BCUT2D eigenvalue weighted by Crippen LogP contribution is 2.16. The summed E-state index contributed by atoms with van der Waals surface area (Å²) in [4.78, 5) is 16.2. The SMILES string of the molecule is CCOC(=O)c1ccn2c(CC)cc(C)nc12. The molecule has 0 aliphatic heterocycles. The molecule has 0 saturated heterocycles. The number of esters is 1. The van der Waals surface area contributed by atoms with Gasteiger partial charge >= 0.3 is 5.97 Å². The minimum Gasteiger partial charge on any atom is -0.462 e. The van der Waals surface area contributed by atoms with Gasteiger partial charge in [0.15, 0.2) is 5.65 Å². The lowest BCUT2D eigenvalue weighted by Gasteiger charge is -2.06. The van der Waals surface area contributed by atoms with Crippen LogP contribution in [-0.2, 0) is 11.2 Å². The van der Waals surface area contributed by atoms with Gasteiger partial charge in [0.2, 0.25) is 0 Å². The van der Waals surface area contributed by atoms with Crippen LogP contribution in [0.3, 0.4) is 0 Å². The molecule has 4 nitrogen and oxygen atoms in total. The van der Waals surface area contributed by atoms with Crippen LogP contribution in [0.25, 0.3) is 5.65 Å². The Bertz CT molecular complexity index is 558. The Morgan fingerprint density at radius 2 is 2.24 bits per heavy atom. The second-order valence-corrected chi connectivity index (χ2v) is 3.89. The number of ether oxygens (including phenoxy) is 1. The number of hydrogen-bond acceptors (Lipinski definition) is 3. The van der Waals surface area contributed by atoms with E-state index in [-0.39, 0.29) is 5.97 Å². The molecule has 0 bridgehead atoms. The van der Waals surface area contributed by atoms with Gasteiger partial charge in [0.25, 0.3) is 0 Å². The van der Waals surface area contributed by atoms with Crippen molar-refractivity contribution in [1.82, 2.24) is 9.38 Å². The number of aryl methyl sites for hydroxylation is 2. The van der Waals surface area contributed by atoms with E-state index in [9.17, 15) is 4.79 Å². The Morgan fingerprint density at radius 1 is 1.47 bits per heavy atom. The summed E-state index contributed by atoms with van der Waals surface area (Å²) in [6.07, 6.45) is 2.77. The molecule has 17 heavy (non-hydrogen) atoms. The number of fused-ring (bicyclic) bond motifs is 1. The van der Waals surface area contributed by atoms with Crippen LogP contribution in [0.4, 0.5) is 0 Å². The lowest BCUT2D eigenvalue weighted by molar-refractivity contribution is 0.0528. The number of rotatable bonds is 3. The van der Waals surface area contributed by atoms with Gasteiger partial charge in [-0.3, -0.25) is 0 Å². The predicted molar refractivity (Wildman–Crippen MR) is 65.3 cm³/mol. The van der Waals surface area contributed by atoms with Gasteiger partial charge in [0, 0.05) is 17.6 Å². The highest BCUT2D eigenvalue weighted by Gasteiger charge is 2.15. The van der Waals surface area contributed by atoms with Crippen molar-refractivity contribution in [2.24, 2.45) is 0 Å². The molecule has 0 aliphatic rings. The van der Waals surface area contributed by atoms with E-state index in [0.29, 0.717) is 17.8 Å². The summed E-state index contributed by atoms with van der Waals surface area (Å²) in [5.74, 6) is -0.310. The molecule has 0 atom stereocenters. The maximum absolute atomic E-state index is 11.8. The maximum atomic E-state index is 11.8. The average Bonchev–Trinajstić information content (AvgIpc) is 2.71. The molecule has 2 heterocycles. The molecule has 4 heteroatoms. The van der Waals surface area contributed by atoms with Crippen molar-refractivity contribution in [3.8, 4) is 0 Å². The zero-order valence-electron chi connectivity index (χ0n) is 10.4. The van der Waals surface area contributed by atoms with Crippen molar-refractivity contribution >= 4 is 11.6 Å². The summed E-state index contributed by atoms with van der Waals surface area (Å²) < 4.78 is 6.96. The second kappa shape index (κ2) is 4.57. The maximum Gasteiger partial charge on any atom is 0.341 e. The van der Waals surface area contributed by atoms with Gasteiger partial charge in [-0.05, 0) is 32.4 Å². The van der Waals surface area contributed by atoms with Gasteiger partial charge < -0.3 is 9.14 Å². The quantitative estimate of drug-likeness (QED) is 0.763. The zero-order chi connectivity index (χ0) is 12.4. The Labute approximate surface area is 100 Å². The number of nitrogens with zero attached hydrogens (tertiary/aromatic N) is 2. The molecule has 0 unspecified atom stereocenters. The number of carbonyl (C=O) groups excluding carboxylic acids is 1. The first-order valence-electron chi connectivity index (χ1n) is 5.82. The first-order valence-corrected chi connectivity index (χ1v) is 5.82. The summed E-state index contributed by atoms with van der Waals surface area (Å²) in [5.41, 5.74) is 3.27. The molecule has 0 amide bonds. The fourth-order valence-corrected chi connectivity index (χ4v) is 1.92. The zero-order valence-corrected chi connectivity index (χ0v) is 10.4. The number of carbonyl (C=O) groups is 1. The Kier molecular flexibility index (Phi) is 3.13. The van der Waals surface area contributed by atoms with Gasteiger partial charge in [-0.2, -0.15) is 0 Å². The van der Waals surface area contributed by atoms with Crippen LogP contribution in [0, 0.1) is 6.92 Å². The molecule has 0 spiro atoms. The molecule has 0 aromatic carbocycles. The molecule has 2 aromatic heterocycles. The number of hydrogen-bond donors (Lipinski definition) is 0. The Morgan fingerprint density at radius 3 is 2.88 bits per heavy atom. The van der Waals surface area contributed by atoms with Gasteiger partial charge in [0.1, 0.15) is 5.56 Å². The minimum absolute atomic E-state index is 0.310. The van der Waals surface area contributed by atoms with Gasteiger partial charge in [-0.1, -0.05) is 6.92 Å². The average molecular weight is 232 g/mol. The largest absolute Gasteiger partial charge is 0.462 e. The second-order valence-electron chi connectivity index (χ2n) is 3.89. The Balaban J connectivity index is 2.60. The third kappa shape index (κ3) is 2.02. The Hall–Kier alpha value is -1.84. The van der Waals surface area contributed by atoms with E-state index in [0.717, 1.165) is 17.8 Å². The van der Waals surface area contributed by atoms with E-state index < -0.39 is 0 Å². The van der Waals surface area contributed by atoms with Crippen molar-refractivity contribution in [1.29, 1.82) is 0 Å². The van der Waals surface area contributed by atoms with Crippen molar-refractivity contribution in [3.63, 3.8) is 0 Å². The van der Waals surface area contributed by atoms with Crippen molar-refractivity contribution in [3.05, 3.63) is 35.3 Å². The summed E-state index contributed by atoms with van der Waals surface area (Å²) in [6, 6.07) is 3.79. The van der Waals surface area contributed by atoms with Gasteiger partial charge in [0.05, 0.1) is 6.61 Å². The standard InChI is InChI=1S/C13H16N2O2/c1-4-10-8-9(3)14-12-11(6-7-15(10)12)13(16)17-5-2/h6-8H,4-5H2,1-3H3. The summed E-state index contributed by atoms with van der Waals surface area (Å²) in [6.45, 7) is 6.19. The van der Waals surface area contributed by atoms with Gasteiger partial charge in [-0.15, -0.1) is 0 Å². The molecule has 90 valence electrons. The van der Waals surface area contributed by atoms with E-state index in [1.165, 1.54) is 0 Å². The summed E-state index contributed by atoms with van der Waals surface area (Å²) in [5, 5.41) is 0. The molecule has 0 N–H and O–H groups in total. The van der Waals surface area contributed by atoms with Crippen LogP contribution in [0.1, 0.15) is 35.6 Å². The molecule has 2 aromatic rings. The topological polar surface area (TPSA) is 43.6 Å². The summed E-state index contributed by atoms with van der Waals surface area (Å²) >= 11 is 0. The highest BCUT2D eigenvalue weighted by molar-refractivity contribution is 5.96. The lowest BCUT2D eigenvalue weighted by Crippen LogP contribution is -2.06. The third-order valence-electron chi connectivity index (χ3n) is 2.68. The van der Waals surface area contributed by atoms with Crippen LogP contribution in [0.5, 0.6) is 0 Å². The number of aromatic nitrogens is 2. The van der Waals surface area contributed by atoms with Crippen molar-refractivity contribution in [2.75, 3.05) is 6.61 Å². The fourth-order valence-electron chi connectivity index (χ4n) is 1.92. The molecule has 0 fully saturated rings. The normalized spacial score (nSPS) is 10.8. The summed E-state index contributed by atoms with van der Waals surface area (Å²) in [7, 11) is 0. The highest BCUT2D eigenvalue weighted by atomic mass is 16.5. The van der Waals surface area contributed by atoms with E-state index in [4.69, 9.17) is 4.74 Å². The van der Waals surface area contributed by atoms with E-state index in [1.807, 2.05) is 23.6 Å². The minimum atomic E-state index is -0.310. The van der Waals surface area contributed by atoms with Crippen molar-refractivity contribution in [2.45, 2.75) is 27.2 Å². The molecule has 2 rings (SSSR count). The van der Waals surface area contributed by atoms with Gasteiger partial charge in [-0.25, -0.2) is 9.78 Å². The molecular weight excluding hydrogens is 216 g/mol. The van der Waals surface area contributed by atoms with Crippen LogP contribution in [0.2, 0.25) is 0 Å². The van der Waals surface area contributed by atoms with Crippen LogP contribution >= 0.6 is 0 Å². The monoisotopic (exact) mass is 232 g/mol. The molecule has 0 radical (unpaired) electrons. The third-order valence-corrected chi connectivity index (χ3v) is 2.68. The smallest absolute Gasteiger partial charge is 0.341 e. The molecule has 0 aliphatic carbocycles. The van der Waals surface area contributed by atoms with E-state index >= 15 is 0 Å². The molecule has 0 saturated carbocycles. The molecular formula is C13H16N2O2. The first kappa shape index (κ1) is 11.6. The first-order chi connectivity index (χ1) is 8.17. The van der Waals surface area contributed by atoms with Crippen LogP contribution < -0.4 is 0 Å². The van der Waals surface area contributed by atoms with Crippen LogP contribution in [-0.4, -0.2) is 22.0 Å². The lowest BCUT2D eigenvalue weighted by atomic mass is 10.2. The van der Waals surface area contributed by atoms with E-state index in [1.54, 1.807) is 13.0 Å². The van der Waals surface area contributed by atoms with Crippen molar-refractivity contribution < 1.29 is 9.53 Å². The van der Waals surface area contributed by atoms with E-state index in [2.05, 4.69) is 11.9 Å². The fraction of sp³-hybridized carbons (Fsp3) is 0.385.